The molecule has 0 saturated carbocycles. The van der Waals surface area contributed by atoms with Gasteiger partial charge in [-0.2, -0.15) is 5.26 Å². The zero-order valence-electron chi connectivity index (χ0n) is 14.8. The van der Waals surface area contributed by atoms with E-state index in [1.807, 2.05) is 17.0 Å². The Kier molecular flexibility index (Phi) is 7.33. The van der Waals surface area contributed by atoms with Gasteiger partial charge in [-0.15, -0.1) is 11.3 Å². The summed E-state index contributed by atoms with van der Waals surface area (Å²) in [6.45, 7) is 3.64. The van der Waals surface area contributed by atoms with E-state index in [0.717, 1.165) is 18.5 Å². The van der Waals surface area contributed by atoms with Crippen molar-refractivity contribution >= 4 is 28.9 Å². The van der Waals surface area contributed by atoms with Crippen LogP contribution in [0, 0.1) is 11.3 Å². The number of esters is 1. The van der Waals surface area contributed by atoms with Crippen molar-refractivity contribution in [2.45, 2.75) is 19.9 Å². The average molecular weight is 371 g/mol. The third-order valence-electron chi connectivity index (χ3n) is 3.71. The van der Waals surface area contributed by atoms with E-state index in [0.29, 0.717) is 22.7 Å². The highest BCUT2D eigenvalue weighted by Gasteiger charge is 2.17. The number of carbonyl (C=O) groups excluding carboxylic acids is 2. The topological polar surface area (TPSA) is 82.4 Å². The Morgan fingerprint density at radius 1 is 1.27 bits per heavy atom. The van der Waals surface area contributed by atoms with Gasteiger partial charge in [-0.05, 0) is 42.1 Å². The number of hydrogen-bond donors (Lipinski definition) is 1. The van der Waals surface area contributed by atoms with Gasteiger partial charge < -0.3 is 10.1 Å². The molecule has 0 aliphatic carbocycles. The number of rotatable bonds is 8. The van der Waals surface area contributed by atoms with Crippen LogP contribution in [0.1, 0.15) is 34.1 Å². The molecule has 2 aromatic rings. The highest BCUT2D eigenvalue weighted by atomic mass is 32.1. The van der Waals surface area contributed by atoms with Gasteiger partial charge in [-0.25, -0.2) is 4.79 Å². The molecular formula is C19H21N3O3S. The summed E-state index contributed by atoms with van der Waals surface area (Å²) in [6, 6.07) is 11.1. The van der Waals surface area contributed by atoms with Crippen LogP contribution in [0.3, 0.4) is 0 Å². The summed E-state index contributed by atoms with van der Waals surface area (Å²) in [6.07, 6.45) is 0.912. The number of ether oxygens (including phenoxy) is 1. The predicted molar refractivity (Wildman–Crippen MR) is 101 cm³/mol. The SMILES string of the molecule is CCCN(CC(=O)Nc1ccsc1C(=O)OC)Cc1ccc(C#N)cc1. The van der Waals surface area contributed by atoms with Gasteiger partial charge in [0.05, 0.1) is 31.0 Å². The van der Waals surface area contributed by atoms with E-state index in [1.54, 1.807) is 23.6 Å². The molecule has 6 nitrogen and oxygen atoms in total. The Morgan fingerprint density at radius 2 is 2.00 bits per heavy atom. The second kappa shape index (κ2) is 9.70. The van der Waals surface area contributed by atoms with E-state index in [1.165, 1.54) is 18.4 Å². The molecule has 26 heavy (non-hydrogen) atoms. The summed E-state index contributed by atoms with van der Waals surface area (Å²) in [5.74, 6) is -0.644. The number of benzene rings is 1. The second-order valence-electron chi connectivity index (χ2n) is 5.72. The third-order valence-corrected chi connectivity index (χ3v) is 4.60. The zero-order valence-corrected chi connectivity index (χ0v) is 15.6. The van der Waals surface area contributed by atoms with E-state index in [2.05, 4.69) is 18.3 Å². The number of nitriles is 1. The number of thiophene rings is 1. The molecule has 1 N–H and O–H groups in total. The monoisotopic (exact) mass is 371 g/mol. The van der Waals surface area contributed by atoms with Gasteiger partial charge in [-0.3, -0.25) is 9.69 Å². The maximum absolute atomic E-state index is 12.4. The maximum Gasteiger partial charge on any atom is 0.350 e. The molecule has 1 aromatic heterocycles. The zero-order chi connectivity index (χ0) is 18.9. The molecule has 0 spiro atoms. The average Bonchev–Trinajstić information content (AvgIpc) is 3.09. The molecule has 136 valence electrons. The molecular weight excluding hydrogens is 350 g/mol. The number of carbonyl (C=O) groups is 2. The van der Waals surface area contributed by atoms with Crippen molar-refractivity contribution in [3.63, 3.8) is 0 Å². The minimum Gasteiger partial charge on any atom is -0.465 e. The van der Waals surface area contributed by atoms with Gasteiger partial charge in [0.15, 0.2) is 0 Å². The van der Waals surface area contributed by atoms with Crippen molar-refractivity contribution in [3.05, 3.63) is 51.7 Å². The molecule has 2 rings (SSSR count). The van der Waals surface area contributed by atoms with Gasteiger partial charge in [0.1, 0.15) is 4.88 Å². The number of methoxy groups -OCH3 is 1. The number of amides is 1. The molecule has 0 fully saturated rings. The lowest BCUT2D eigenvalue weighted by molar-refractivity contribution is -0.117. The van der Waals surface area contributed by atoms with Crippen LogP contribution in [0.25, 0.3) is 0 Å². The van der Waals surface area contributed by atoms with E-state index in [9.17, 15) is 9.59 Å². The van der Waals surface area contributed by atoms with Gasteiger partial charge in [0.2, 0.25) is 5.91 Å². The van der Waals surface area contributed by atoms with Crippen molar-refractivity contribution in [3.8, 4) is 6.07 Å². The number of anilines is 1. The van der Waals surface area contributed by atoms with Crippen LogP contribution >= 0.6 is 11.3 Å². The number of nitrogens with one attached hydrogen (secondary N) is 1. The molecule has 0 aliphatic heterocycles. The van der Waals surface area contributed by atoms with Crippen molar-refractivity contribution in [1.29, 1.82) is 5.26 Å². The van der Waals surface area contributed by atoms with E-state index < -0.39 is 5.97 Å². The van der Waals surface area contributed by atoms with Crippen molar-refractivity contribution < 1.29 is 14.3 Å². The second-order valence-corrected chi connectivity index (χ2v) is 6.64. The molecule has 7 heteroatoms. The number of hydrogen-bond acceptors (Lipinski definition) is 6. The van der Waals surface area contributed by atoms with Gasteiger partial charge >= 0.3 is 5.97 Å². The fourth-order valence-corrected chi connectivity index (χ4v) is 3.29. The first-order valence-electron chi connectivity index (χ1n) is 8.24. The molecule has 0 aliphatic rings. The van der Waals surface area contributed by atoms with Crippen LogP contribution in [0.5, 0.6) is 0 Å². The van der Waals surface area contributed by atoms with Gasteiger partial charge in [-0.1, -0.05) is 19.1 Å². The standard InChI is InChI=1S/C19H21N3O3S/c1-3-9-22(12-15-6-4-14(11-20)5-7-15)13-17(23)21-16-8-10-26-18(16)19(24)25-2/h4-8,10H,3,9,12-13H2,1-2H3,(H,21,23). The first-order valence-corrected chi connectivity index (χ1v) is 9.12. The van der Waals surface area contributed by atoms with Gasteiger partial charge in [0.25, 0.3) is 0 Å². The lowest BCUT2D eigenvalue weighted by atomic mass is 10.1. The first-order chi connectivity index (χ1) is 12.6. The molecule has 0 atom stereocenters. The highest BCUT2D eigenvalue weighted by molar-refractivity contribution is 7.12. The lowest BCUT2D eigenvalue weighted by Gasteiger charge is -2.21. The maximum atomic E-state index is 12.4. The van der Waals surface area contributed by atoms with Crippen LogP contribution in [-0.2, 0) is 16.1 Å². The van der Waals surface area contributed by atoms with E-state index in [4.69, 9.17) is 10.00 Å². The molecule has 0 unspecified atom stereocenters. The summed E-state index contributed by atoms with van der Waals surface area (Å²) in [5, 5.41) is 13.4. The summed E-state index contributed by atoms with van der Waals surface area (Å²) in [7, 11) is 1.31. The summed E-state index contributed by atoms with van der Waals surface area (Å²) in [5.41, 5.74) is 2.12. The summed E-state index contributed by atoms with van der Waals surface area (Å²) >= 11 is 1.23. The minimum absolute atomic E-state index is 0.185. The Hall–Kier alpha value is -2.69. The molecule has 0 radical (unpaired) electrons. The van der Waals surface area contributed by atoms with Crippen LogP contribution in [0.15, 0.2) is 35.7 Å². The predicted octanol–water partition coefficient (Wildman–Crippen LogP) is 3.26. The Balaban J connectivity index is 2.00. The summed E-state index contributed by atoms with van der Waals surface area (Å²) in [4.78, 5) is 26.5. The quantitative estimate of drug-likeness (QED) is 0.720. The van der Waals surface area contributed by atoms with Crippen molar-refractivity contribution in [1.82, 2.24) is 4.90 Å². The Labute approximate surface area is 157 Å². The Morgan fingerprint density at radius 3 is 2.62 bits per heavy atom. The fourth-order valence-electron chi connectivity index (χ4n) is 2.52. The van der Waals surface area contributed by atoms with Crippen molar-refractivity contribution in [2.75, 3.05) is 25.5 Å². The fraction of sp³-hybridized carbons (Fsp3) is 0.316. The van der Waals surface area contributed by atoms with Gasteiger partial charge in [0, 0.05) is 6.54 Å². The van der Waals surface area contributed by atoms with E-state index in [-0.39, 0.29) is 12.5 Å². The van der Waals surface area contributed by atoms with Crippen LogP contribution in [0.4, 0.5) is 5.69 Å². The molecule has 1 amide bonds. The van der Waals surface area contributed by atoms with E-state index >= 15 is 0 Å². The van der Waals surface area contributed by atoms with Crippen LogP contribution in [0.2, 0.25) is 0 Å². The summed E-state index contributed by atoms with van der Waals surface area (Å²) < 4.78 is 4.72. The highest BCUT2D eigenvalue weighted by Crippen LogP contribution is 2.23. The molecule has 0 bridgehead atoms. The smallest absolute Gasteiger partial charge is 0.350 e. The van der Waals surface area contributed by atoms with Crippen LogP contribution < -0.4 is 5.32 Å². The minimum atomic E-state index is -0.460. The normalized spacial score (nSPS) is 10.4. The lowest BCUT2D eigenvalue weighted by Crippen LogP contribution is -2.33. The van der Waals surface area contributed by atoms with Crippen LogP contribution in [-0.4, -0.2) is 37.0 Å². The molecule has 1 heterocycles. The third kappa shape index (κ3) is 5.41. The Bertz CT molecular complexity index is 793. The molecule has 0 saturated heterocycles. The first kappa shape index (κ1) is 19.6. The van der Waals surface area contributed by atoms with Crippen molar-refractivity contribution in [2.24, 2.45) is 0 Å². The molecule has 1 aromatic carbocycles. The largest absolute Gasteiger partial charge is 0.465 e. The number of nitrogens with zero attached hydrogens (tertiary/aromatic N) is 2.